The number of nitrogens with zero attached hydrogens (tertiary/aromatic N) is 1. The molecule has 0 spiro atoms. The number of carboxylic acids is 1. The van der Waals surface area contributed by atoms with Crippen LogP contribution >= 0.6 is 0 Å². The quantitative estimate of drug-likeness (QED) is 0.885. The number of carbonyl (C=O) groups is 1. The van der Waals surface area contributed by atoms with Gasteiger partial charge in [0.15, 0.2) is 0 Å². The van der Waals surface area contributed by atoms with Crippen molar-refractivity contribution in [3.05, 3.63) is 29.6 Å². The van der Waals surface area contributed by atoms with E-state index in [0.29, 0.717) is 6.61 Å². The second-order valence-corrected chi connectivity index (χ2v) is 6.88. The number of hydrogen-bond acceptors (Lipinski definition) is 4. The number of carboxylic acid groups (broad SMARTS) is 1. The second kappa shape index (κ2) is 6.08. The lowest BCUT2D eigenvalue weighted by Gasteiger charge is -2.21. The van der Waals surface area contributed by atoms with Gasteiger partial charge in [0.2, 0.25) is 10.0 Å². The summed E-state index contributed by atoms with van der Waals surface area (Å²) in [5.41, 5.74) is -0.449. The Hall–Kier alpha value is -1.51. The molecule has 0 bridgehead atoms. The van der Waals surface area contributed by atoms with E-state index >= 15 is 0 Å². The van der Waals surface area contributed by atoms with Gasteiger partial charge in [0.05, 0.1) is 16.6 Å². The number of ether oxygens (including phenoxy) is 1. The highest BCUT2D eigenvalue weighted by molar-refractivity contribution is 7.89. The van der Waals surface area contributed by atoms with Gasteiger partial charge in [-0.05, 0) is 31.0 Å². The number of benzene rings is 1. The average Bonchev–Trinajstić information content (AvgIpc) is 2.91. The van der Waals surface area contributed by atoms with Crippen molar-refractivity contribution in [3.8, 4) is 0 Å². The van der Waals surface area contributed by atoms with Gasteiger partial charge in [-0.1, -0.05) is 0 Å². The van der Waals surface area contributed by atoms with E-state index in [1.807, 2.05) is 0 Å². The largest absolute Gasteiger partial charge is 0.478 e. The molecule has 2 rings (SSSR count). The van der Waals surface area contributed by atoms with E-state index in [2.05, 4.69) is 0 Å². The molecule has 0 saturated carbocycles. The molecule has 8 heteroatoms. The van der Waals surface area contributed by atoms with Crippen LogP contribution in [0.15, 0.2) is 23.1 Å². The minimum Gasteiger partial charge on any atom is -0.478 e. The molecule has 1 saturated heterocycles. The Morgan fingerprint density at radius 1 is 1.52 bits per heavy atom. The predicted octanol–water partition coefficient (Wildman–Crippen LogP) is 1.32. The molecule has 1 aromatic carbocycles. The summed E-state index contributed by atoms with van der Waals surface area (Å²) in [6.07, 6.45) is 1.39. The number of halogens is 1. The normalized spacial score (nSPS) is 19.1. The fourth-order valence-corrected chi connectivity index (χ4v) is 3.62. The Balaban J connectivity index is 2.33. The summed E-state index contributed by atoms with van der Waals surface area (Å²) in [7, 11) is -2.77. The van der Waals surface area contributed by atoms with Gasteiger partial charge >= 0.3 is 5.97 Å². The molecule has 0 radical (unpaired) electrons. The van der Waals surface area contributed by atoms with E-state index in [1.165, 1.54) is 7.05 Å². The van der Waals surface area contributed by atoms with E-state index in [1.54, 1.807) is 0 Å². The molecule has 116 valence electrons. The molecule has 1 atom stereocenters. The molecule has 1 heterocycles. The SMILES string of the molecule is CN(CC1CCCO1)S(=O)(=O)c1cc(F)ccc1C(=O)O. The van der Waals surface area contributed by atoms with Crippen LogP contribution in [0.4, 0.5) is 4.39 Å². The van der Waals surface area contributed by atoms with Crippen LogP contribution in [0.2, 0.25) is 0 Å². The van der Waals surface area contributed by atoms with Crippen LogP contribution < -0.4 is 0 Å². The molecule has 1 N–H and O–H groups in total. The molecule has 0 aromatic heterocycles. The van der Waals surface area contributed by atoms with Crippen molar-refractivity contribution in [3.63, 3.8) is 0 Å². The van der Waals surface area contributed by atoms with E-state index < -0.39 is 32.3 Å². The van der Waals surface area contributed by atoms with Crippen molar-refractivity contribution in [1.29, 1.82) is 0 Å². The van der Waals surface area contributed by atoms with Crippen LogP contribution in [-0.4, -0.2) is 50.1 Å². The molecule has 21 heavy (non-hydrogen) atoms. The third-order valence-electron chi connectivity index (χ3n) is 3.35. The number of rotatable bonds is 5. The van der Waals surface area contributed by atoms with Gasteiger partial charge in [-0.2, -0.15) is 4.31 Å². The van der Waals surface area contributed by atoms with Gasteiger partial charge in [0, 0.05) is 20.2 Å². The fourth-order valence-electron chi connectivity index (χ4n) is 2.23. The number of sulfonamides is 1. The molecule has 1 unspecified atom stereocenters. The Labute approximate surface area is 122 Å². The lowest BCUT2D eigenvalue weighted by atomic mass is 10.2. The molecular weight excluding hydrogens is 301 g/mol. The maximum Gasteiger partial charge on any atom is 0.337 e. The summed E-state index contributed by atoms with van der Waals surface area (Å²) < 4.78 is 44.5. The van der Waals surface area contributed by atoms with Crippen molar-refractivity contribution < 1.29 is 27.4 Å². The highest BCUT2D eigenvalue weighted by Crippen LogP contribution is 2.23. The first-order valence-electron chi connectivity index (χ1n) is 6.43. The van der Waals surface area contributed by atoms with E-state index in [-0.39, 0.29) is 12.6 Å². The Morgan fingerprint density at radius 3 is 2.81 bits per heavy atom. The minimum atomic E-state index is -4.09. The topological polar surface area (TPSA) is 83.9 Å². The van der Waals surface area contributed by atoms with Crippen molar-refractivity contribution in [2.24, 2.45) is 0 Å². The van der Waals surface area contributed by atoms with E-state index in [0.717, 1.165) is 35.3 Å². The van der Waals surface area contributed by atoms with Crippen LogP contribution in [0.5, 0.6) is 0 Å². The summed E-state index contributed by atoms with van der Waals surface area (Å²) in [4.78, 5) is 10.6. The summed E-state index contributed by atoms with van der Waals surface area (Å²) in [5, 5.41) is 9.06. The standard InChI is InChI=1S/C13H16FNO5S/c1-15(8-10-3-2-6-20-10)21(18,19)12-7-9(14)4-5-11(12)13(16)17/h4-5,7,10H,2-3,6,8H2,1H3,(H,16,17). The molecule has 1 aromatic rings. The molecule has 1 fully saturated rings. The van der Waals surface area contributed by atoms with Crippen molar-refractivity contribution in [2.45, 2.75) is 23.8 Å². The highest BCUT2D eigenvalue weighted by Gasteiger charge is 2.30. The number of aromatic carboxylic acids is 1. The lowest BCUT2D eigenvalue weighted by Crippen LogP contribution is -2.34. The van der Waals surface area contributed by atoms with Crippen LogP contribution in [-0.2, 0) is 14.8 Å². The summed E-state index contributed by atoms with van der Waals surface area (Å²) in [6.45, 7) is 0.691. The number of hydrogen-bond donors (Lipinski definition) is 1. The predicted molar refractivity (Wildman–Crippen MR) is 72.1 cm³/mol. The highest BCUT2D eigenvalue weighted by atomic mass is 32.2. The molecule has 6 nitrogen and oxygen atoms in total. The van der Waals surface area contributed by atoms with Gasteiger partial charge in [-0.3, -0.25) is 0 Å². The van der Waals surface area contributed by atoms with Crippen LogP contribution in [0.1, 0.15) is 23.2 Å². The first-order valence-corrected chi connectivity index (χ1v) is 7.87. The van der Waals surface area contributed by atoms with Gasteiger partial charge in [-0.15, -0.1) is 0 Å². The van der Waals surface area contributed by atoms with Gasteiger partial charge in [-0.25, -0.2) is 17.6 Å². The maximum absolute atomic E-state index is 13.3. The second-order valence-electron chi connectivity index (χ2n) is 4.87. The summed E-state index contributed by atoms with van der Waals surface area (Å²) in [5.74, 6) is -2.22. The minimum absolute atomic E-state index is 0.109. The Bertz CT molecular complexity index is 640. The van der Waals surface area contributed by atoms with Crippen molar-refractivity contribution in [2.75, 3.05) is 20.2 Å². The zero-order valence-corrected chi connectivity index (χ0v) is 12.3. The third kappa shape index (κ3) is 3.39. The molecule has 1 aliphatic rings. The van der Waals surface area contributed by atoms with Crippen LogP contribution in [0, 0.1) is 5.82 Å². The van der Waals surface area contributed by atoms with E-state index in [9.17, 15) is 17.6 Å². The molecule has 0 aliphatic carbocycles. The fraction of sp³-hybridized carbons (Fsp3) is 0.462. The lowest BCUT2D eigenvalue weighted by molar-refractivity contribution is 0.0692. The summed E-state index contributed by atoms with van der Waals surface area (Å²) in [6, 6.07) is 2.60. The monoisotopic (exact) mass is 317 g/mol. The average molecular weight is 317 g/mol. The van der Waals surface area contributed by atoms with Gasteiger partial charge in [0.1, 0.15) is 5.82 Å². The first-order chi connectivity index (χ1) is 9.82. The number of likely N-dealkylation sites (N-methyl/N-ethyl adjacent to an activating group) is 1. The smallest absolute Gasteiger partial charge is 0.337 e. The van der Waals surface area contributed by atoms with Crippen molar-refractivity contribution >= 4 is 16.0 Å². The Morgan fingerprint density at radius 2 is 2.24 bits per heavy atom. The zero-order chi connectivity index (χ0) is 15.6. The maximum atomic E-state index is 13.3. The van der Waals surface area contributed by atoms with E-state index in [4.69, 9.17) is 9.84 Å². The van der Waals surface area contributed by atoms with Crippen LogP contribution in [0.3, 0.4) is 0 Å². The van der Waals surface area contributed by atoms with Gasteiger partial charge < -0.3 is 9.84 Å². The molecular formula is C13H16FNO5S. The Kier molecular flexibility index (Phi) is 4.60. The van der Waals surface area contributed by atoms with Crippen molar-refractivity contribution in [1.82, 2.24) is 4.31 Å². The zero-order valence-electron chi connectivity index (χ0n) is 11.5. The van der Waals surface area contributed by atoms with Gasteiger partial charge in [0.25, 0.3) is 0 Å². The molecule has 1 aliphatic heterocycles. The van der Waals surface area contributed by atoms with Crippen LogP contribution in [0.25, 0.3) is 0 Å². The summed E-state index contributed by atoms with van der Waals surface area (Å²) >= 11 is 0. The molecule has 0 amide bonds. The third-order valence-corrected chi connectivity index (χ3v) is 5.21. The first kappa shape index (κ1) is 15.9.